The standard InChI is InChI=1S/C27H31N3O2/c1-19(2)18-21-14-16-22(17-15-21)20(3)26(31)29-30-27(32)28-25(23-10-6-4-7-11-23)24-12-8-5-9-13-24/h4-17,19-20,25H,18H2,1-3H3,(H,29,31)(H2,28,30,32). The molecule has 0 aliphatic carbocycles. The molecule has 0 saturated carbocycles. The number of nitrogens with one attached hydrogen (secondary N) is 3. The van der Waals surface area contributed by atoms with Gasteiger partial charge in [0.05, 0.1) is 12.0 Å². The zero-order valence-electron chi connectivity index (χ0n) is 18.8. The third-order valence-electron chi connectivity index (χ3n) is 5.36. The number of hydrazine groups is 1. The van der Waals surface area contributed by atoms with Crippen molar-refractivity contribution in [1.82, 2.24) is 16.2 Å². The zero-order valence-corrected chi connectivity index (χ0v) is 18.8. The second-order valence-corrected chi connectivity index (χ2v) is 8.40. The van der Waals surface area contributed by atoms with Crippen molar-refractivity contribution in [3.8, 4) is 0 Å². The molecule has 3 N–H and O–H groups in total. The predicted molar refractivity (Wildman–Crippen MR) is 128 cm³/mol. The molecule has 0 saturated heterocycles. The maximum Gasteiger partial charge on any atom is 0.334 e. The average molecular weight is 430 g/mol. The number of benzene rings is 3. The summed E-state index contributed by atoms with van der Waals surface area (Å²) in [5.41, 5.74) is 9.09. The molecular formula is C27H31N3O2. The number of hydrogen-bond donors (Lipinski definition) is 3. The molecule has 0 spiro atoms. The van der Waals surface area contributed by atoms with Gasteiger partial charge in [0.15, 0.2) is 0 Å². The molecule has 32 heavy (non-hydrogen) atoms. The first kappa shape index (κ1) is 23.1. The summed E-state index contributed by atoms with van der Waals surface area (Å²) in [4.78, 5) is 25.2. The van der Waals surface area contributed by atoms with Gasteiger partial charge in [-0.1, -0.05) is 98.8 Å². The van der Waals surface area contributed by atoms with Crippen molar-refractivity contribution in [1.29, 1.82) is 0 Å². The fraction of sp³-hybridized carbons (Fsp3) is 0.259. The van der Waals surface area contributed by atoms with Crippen LogP contribution in [0.1, 0.15) is 55.0 Å². The molecule has 0 bridgehead atoms. The van der Waals surface area contributed by atoms with Crippen LogP contribution in [-0.4, -0.2) is 11.9 Å². The number of hydrogen-bond acceptors (Lipinski definition) is 2. The molecule has 0 aliphatic rings. The van der Waals surface area contributed by atoms with Gasteiger partial charge >= 0.3 is 6.03 Å². The Kier molecular flexibility index (Phi) is 8.03. The minimum Gasteiger partial charge on any atom is -0.326 e. The minimum absolute atomic E-state index is 0.271. The fourth-order valence-electron chi connectivity index (χ4n) is 3.61. The summed E-state index contributed by atoms with van der Waals surface area (Å²) in [5, 5.41) is 2.94. The van der Waals surface area contributed by atoms with Crippen LogP contribution in [0.2, 0.25) is 0 Å². The molecule has 5 heteroatoms. The van der Waals surface area contributed by atoms with Gasteiger partial charge in [0.25, 0.3) is 0 Å². The lowest BCUT2D eigenvalue weighted by Gasteiger charge is -2.21. The monoisotopic (exact) mass is 429 g/mol. The molecule has 0 aromatic heterocycles. The van der Waals surface area contributed by atoms with E-state index in [1.54, 1.807) is 0 Å². The van der Waals surface area contributed by atoms with Crippen LogP contribution in [0, 0.1) is 5.92 Å². The quantitative estimate of drug-likeness (QED) is 0.457. The maximum absolute atomic E-state index is 12.6. The van der Waals surface area contributed by atoms with Crippen molar-refractivity contribution in [3.63, 3.8) is 0 Å². The first-order valence-corrected chi connectivity index (χ1v) is 11.0. The zero-order chi connectivity index (χ0) is 22.9. The molecule has 1 atom stereocenters. The lowest BCUT2D eigenvalue weighted by atomic mass is 9.96. The predicted octanol–water partition coefficient (Wildman–Crippen LogP) is 5.11. The third kappa shape index (κ3) is 6.45. The summed E-state index contributed by atoms with van der Waals surface area (Å²) >= 11 is 0. The Morgan fingerprint density at radius 2 is 1.22 bits per heavy atom. The normalized spacial score (nSPS) is 11.8. The van der Waals surface area contributed by atoms with Crippen LogP contribution >= 0.6 is 0 Å². The fourth-order valence-corrected chi connectivity index (χ4v) is 3.61. The van der Waals surface area contributed by atoms with Crippen LogP contribution in [-0.2, 0) is 11.2 Å². The van der Waals surface area contributed by atoms with E-state index in [0.717, 1.165) is 23.1 Å². The van der Waals surface area contributed by atoms with E-state index in [1.807, 2.05) is 79.7 Å². The SMILES string of the molecule is CC(C)Cc1ccc(C(C)C(=O)NNC(=O)NC(c2ccccc2)c2ccccc2)cc1. The molecular weight excluding hydrogens is 398 g/mol. The molecule has 166 valence electrons. The molecule has 0 radical (unpaired) electrons. The lowest BCUT2D eigenvalue weighted by Crippen LogP contribution is -2.49. The Balaban J connectivity index is 1.59. The van der Waals surface area contributed by atoms with Crippen molar-refractivity contribution in [3.05, 3.63) is 107 Å². The van der Waals surface area contributed by atoms with Gasteiger partial charge in [-0.2, -0.15) is 0 Å². The Bertz CT molecular complexity index is 963. The molecule has 0 heterocycles. The van der Waals surface area contributed by atoms with Gasteiger partial charge in [0.2, 0.25) is 5.91 Å². The van der Waals surface area contributed by atoms with Gasteiger partial charge in [-0.05, 0) is 41.5 Å². The highest BCUT2D eigenvalue weighted by molar-refractivity contribution is 5.86. The first-order valence-electron chi connectivity index (χ1n) is 11.0. The largest absolute Gasteiger partial charge is 0.334 e. The Hall–Kier alpha value is -3.60. The second kappa shape index (κ2) is 11.1. The van der Waals surface area contributed by atoms with Crippen molar-refractivity contribution in [2.24, 2.45) is 5.92 Å². The van der Waals surface area contributed by atoms with Crippen LogP contribution in [0.15, 0.2) is 84.9 Å². The highest BCUT2D eigenvalue weighted by Crippen LogP contribution is 2.21. The molecule has 1 unspecified atom stereocenters. The van der Waals surface area contributed by atoms with Gasteiger partial charge in [-0.3, -0.25) is 10.2 Å². The van der Waals surface area contributed by atoms with E-state index in [4.69, 9.17) is 0 Å². The molecule has 3 amide bonds. The highest BCUT2D eigenvalue weighted by Gasteiger charge is 2.19. The Labute approximate surface area is 190 Å². The molecule has 3 aromatic rings. The number of rotatable bonds is 7. The summed E-state index contributed by atoms with van der Waals surface area (Å²) in [7, 11) is 0. The van der Waals surface area contributed by atoms with E-state index in [9.17, 15) is 9.59 Å². The minimum atomic E-state index is -0.476. The lowest BCUT2D eigenvalue weighted by molar-refractivity contribution is -0.122. The van der Waals surface area contributed by atoms with E-state index >= 15 is 0 Å². The van der Waals surface area contributed by atoms with Crippen LogP contribution in [0.5, 0.6) is 0 Å². The summed E-state index contributed by atoms with van der Waals surface area (Å²) in [6.07, 6.45) is 1.01. The maximum atomic E-state index is 12.6. The van der Waals surface area contributed by atoms with Crippen LogP contribution in [0.3, 0.4) is 0 Å². The van der Waals surface area contributed by atoms with E-state index in [0.29, 0.717) is 5.92 Å². The van der Waals surface area contributed by atoms with Crippen LogP contribution < -0.4 is 16.2 Å². The number of urea groups is 1. The molecule has 0 aliphatic heterocycles. The number of amides is 3. The van der Waals surface area contributed by atoms with Gasteiger partial charge in [-0.15, -0.1) is 0 Å². The smallest absolute Gasteiger partial charge is 0.326 e. The van der Waals surface area contributed by atoms with Gasteiger partial charge in [0, 0.05) is 0 Å². The summed E-state index contributed by atoms with van der Waals surface area (Å²) < 4.78 is 0. The highest BCUT2D eigenvalue weighted by atomic mass is 16.2. The van der Waals surface area contributed by atoms with Crippen LogP contribution in [0.4, 0.5) is 4.79 Å². The third-order valence-corrected chi connectivity index (χ3v) is 5.36. The molecule has 5 nitrogen and oxygen atoms in total. The van der Waals surface area contributed by atoms with E-state index in [-0.39, 0.29) is 17.9 Å². The summed E-state index contributed by atoms with van der Waals surface area (Å²) in [5.74, 6) is -0.0740. The van der Waals surface area contributed by atoms with Gasteiger partial charge in [-0.25, -0.2) is 10.2 Å². The van der Waals surface area contributed by atoms with E-state index in [1.165, 1.54) is 5.56 Å². The first-order chi connectivity index (χ1) is 15.4. The van der Waals surface area contributed by atoms with Crippen LogP contribution in [0.25, 0.3) is 0 Å². The average Bonchev–Trinajstić information content (AvgIpc) is 2.81. The van der Waals surface area contributed by atoms with Gasteiger partial charge in [0.1, 0.15) is 0 Å². The second-order valence-electron chi connectivity index (χ2n) is 8.40. The van der Waals surface area contributed by atoms with Crippen molar-refractivity contribution < 1.29 is 9.59 Å². The van der Waals surface area contributed by atoms with E-state index < -0.39 is 6.03 Å². The van der Waals surface area contributed by atoms with Crippen molar-refractivity contribution in [2.75, 3.05) is 0 Å². The number of carbonyl (C=O) groups excluding carboxylic acids is 2. The molecule has 3 rings (SSSR count). The van der Waals surface area contributed by atoms with E-state index in [2.05, 4.69) is 42.1 Å². The summed E-state index contributed by atoms with van der Waals surface area (Å²) in [6, 6.07) is 26.7. The Morgan fingerprint density at radius 1 is 0.688 bits per heavy atom. The molecule has 3 aromatic carbocycles. The van der Waals surface area contributed by atoms with Crippen molar-refractivity contribution in [2.45, 2.75) is 39.2 Å². The number of carbonyl (C=O) groups is 2. The van der Waals surface area contributed by atoms with Gasteiger partial charge < -0.3 is 5.32 Å². The summed E-state index contributed by atoms with van der Waals surface area (Å²) in [6.45, 7) is 6.19. The Morgan fingerprint density at radius 3 is 1.72 bits per heavy atom. The topological polar surface area (TPSA) is 70.2 Å². The van der Waals surface area contributed by atoms with Crippen molar-refractivity contribution >= 4 is 11.9 Å². The molecule has 0 fully saturated rings.